The van der Waals surface area contributed by atoms with Gasteiger partial charge in [-0.2, -0.15) is 0 Å². The molecule has 1 aromatic rings. The zero-order chi connectivity index (χ0) is 13.0. The number of ether oxygens (including phenoxy) is 2. The fourth-order valence-corrected chi connectivity index (χ4v) is 2.41. The van der Waals surface area contributed by atoms with Crippen molar-refractivity contribution in [1.29, 1.82) is 0 Å². The van der Waals surface area contributed by atoms with Crippen molar-refractivity contribution in [1.82, 2.24) is 0 Å². The van der Waals surface area contributed by atoms with E-state index in [1.807, 2.05) is 33.8 Å². The maximum atomic E-state index is 5.97. The Hall–Kier alpha value is -0.450. The summed E-state index contributed by atoms with van der Waals surface area (Å²) in [4.78, 5) is 0. The molecule has 18 heavy (non-hydrogen) atoms. The van der Waals surface area contributed by atoms with Crippen molar-refractivity contribution in [3.63, 3.8) is 0 Å². The van der Waals surface area contributed by atoms with Crippen LogP contribution in [0.3, 0.4) is 0 Å². The van der Waals surface area contributed by atoms with E-state index in [1.54, 1.807) is 0 Å². The van der Waals surface area contributed by atoms with Crippen LogP contribution in [0.5, 0.6) is 11.5 Å². The Balaban J connectivity index is 0.00000289. The quantitative estimate of drug-likeness (QED) is 0.882. The lowest BCUT2D eigenvalue weighted by atomic mass is 10.0. The van der Waals surface area contributed by atoms with E-state index in [2.05, 4.69) is 15.9 Å². The third-order valence-corrected chi connectivity index (χ3v) is 3.31. The summed E-state index contributed by atoms with van der Waals surface area (Å²) in [6.07, 6.45) is 0. The van der Waals surface area contributed by atoms with Gasteiger partial charge in [-0.05, 0) is 60.8 Å². The van der Waals surface area contributed by atoms with Gasteiger partial charge in [-0.1, -0.05) is 0 Å². The van der Waals surface area contributed by atoms with Crippen LogP contribution < -0.4 is 15.2 Å². The molecule has 0 spiro atoms. The molecule has 0 radical (unpaired) electrons. The fraction of sp³-hybridized carbons (Fsp3) is 0.538. The monoisotopic (exact) mass is 337 g/mol. The first kappa shape index (κ1) is 17.6. The molecule has 104 valence electrons. The maximum absolute atomic E-state index is 5.97. The Kier molecular flexibility index (Phi) is 7.67. The average Bonchev–Trinajstić information content (AvgIpc) is 2.27. The van der Waals surface area contributed by atoms with E-state index in [0.29, 0.717) is 13.2 Å². The molecule has 5 heteroatoms. The Morgan fingerprint density at radius 2 is 1.83 bits per heavy atom. The number of nitrogens with two attached hydrogens (primary N) is 1. The van der Waals surface area contributed by atoms with Gasteiger partial charge in [-0.25, -0.2) is 0 Å². The molecule has 0 aliphatic rings. The molecule has 0 amide bonds. The second kappa shape index (κ2) is 7.87. The predicted octanol–water partition coefficient (Wildman–Crippen LogP) is 4.00. The lowest BCUT2D eigenvalue weighted by Crippen LogP contribution is -2.10. The van der Waals surface area contributed by atoms with Gasteiger partial charge in [-0.15, -0.1) is 12.4 Å². The Labute approximate surface area is 124 Å². The van der Waals surface area contributed by atoms with Crippen molar-refractivity contribution in [2.45, 2.75) is 33.7 Å². The first-order valence-corrected chi connectivity index (χ1v) is 6.66. The van der Waals surface area contributed by atoms with Crippen molar-refractivity contribution >= 4 is 28.3 Å². The van der Waals surface area contributed by atoms with E-state index < -0.39 is 0 Å². The molecule has 0 aliphatic heterocycles. The van der Waals surface area contributed by atoms with Gasteiger partial charge in [0.25, 0.3) is 0 Å². The molecule has 0 saturated heterocycles. The van der Waals surface area contributed by atoms with Gasteiger partial charge in [0.05, 0.1) is 13.2 Å². The molecule has 0 saturated carbocycles. The highest BCUT2D eigenvalue weighted by Crippen LogP contribution is 2.40. The molecule has 0 unspecified atom stereocenters. The Morgan fingerprint density at radius 3 is 2.28 bits per heavy atom. The minimum absolute atomic E-state index is 0. The zero-order valence-corrected chi connectivity index (χ0v) is 13.7. The summed E-state index contributed by atoms with van der Waals surface area (Å²) in [5.74, 6) is 1.61. The van der Waals surface area contributed by atoms with Crippen LogP contribution in [-0.2, 0) is 0 Å². The molecule has 1 aromatic carbocycles. The largest absolute Gasteiger partial charge is 0.493 e. The lowest BCUT2D eigenvalue weighted by Gasteiger charge is -2.19. The molecule has 0 heterocycles. The minimum Gasteiger partial charge on any atom is -0.493 e. The van der Waals surface area contributed by atoms with Crippen LogP contribution in [0.15, 0.2) is 10.5 Å². The minimum atomic E-state index is -0.0403. The first-order chi connectivity index (χ1) is 8.02. The summed E-state index contributed by atoms with van der Waals surface area (Å²) in [5.41, 5.74) is 8.09. The molecule has 0 aromatic heterocycles. The highest BCUT2D eigenvalue weighted by Gasteiger charge is 2.17. The molecule has 0 fully saturated rings. The van der Waals surface area contributed by atoms with Crippen molar-refractivity contribution in [2.75, 3.05) is 13.2 Å². The number of halogens is 2. The molecule has 2 N–H and O–H groups in total. The third kappa shape index (κ3) is 3.77. The normalized spacial score (nSPS) is 11.7. The topological polar surface area (TPSA) is 44.5 Å². The van der Waals surface area contributed by atoms with Crippen LogP contribution in [0.2, 0.25) is 0 Å². The number of hydrogen-bond acceptors (Lipinski definition) is 3. The van der Waals surface area contributed by atoms with Crippen molar-refractivity contribution in [3.05, 3.63) is 21.7 Å². The van der Waals surface area contributed by atoms with E-state index in [0.717, 1.165) is 27.1 Å². The van der Waals surface area contributed by atoms with Crippen molar-refractivity contribution in [2.24, 2.45) is 5.73 Å². The van der Waals surface area contributed by atoms with Gasteiger partial charge in [-0.3, -0.25) is 0 Å². The van der Waals surface area contributed by atoms with Crippen LogP contribution in [0, 0.1) is 6.92 Å². The van der Waals surface area contributed by atoms with Crippen molar-refractivity contribution in [3.8, 4) is 11.5 Å². The zero-order valence-electron chi connectivity index (χ0n) is 11.2. The molecule has 1 rings (SSSR count). The van der Waals surface area contributed by atoms with Gasteiger partial charge in [0, 0.05) is 6.04 Å². The van der Waals surface area contributed by atoms with E-state index in [4.69, 9.17) is 15.2 Å². The highest BCUT2D eigenvalue weighted by molar-refractivity contribution is 9.10. The molecule has 3 nitrogen and oxygen atoms in total. The Bertz CT molecular complexity index is 397. The summed E-state index contributed by atoms with van der Waals surface area (Å²) >= 11 is 3.53. The fourth-order valence-electron chi connectivity index (χ4n) is 1.77. The van der Waals surface area contributed by atoms with Crippen LogP contribution in [0.1, 0.15) is 37.9 Å². The number of hydrogen-bond donors (Lipinski definition) is 1. The molecular weight excluding hydrogens is 318 g/mol. The second-order valence-corrected chi connectivity index (χ2v) is 4.68. The summed E-state index contributed by atoms with van der Waals surface area (Å²) in [6.45, 7) is 9.13. The summed E-state index contributed by atoms with van der Waals surface area (Å²) in [6, 6.07) is 1.94. The smallest absolute Gasteiger partial charge is 0.140 e. The maximum Gasteiger partial charge on any atom is 0.140 e. The molecular formula is C13H21BrClNO2. The number of rotatable bonds is 5. The molecule has 1 atom stereocenters. The van der Waals surface area contributed by atoms with E-state index >= 15 is 0 Å². The number of benzene rings is 1. The lowest BCUT2D eigenvalue weighted by molar-refractivity contribution is 0.316. The van der Waals surface area contributed by atoms with Gasteiger partial charge in [0.1, 0.15) is 16.0 Å². The van der Waals surface area contributed by atoms with Crippen LogP contribution in [0.25, 0.3) is 0 Å². The summed E-state index contributed by atoms with van der Waals surface area (Å²) in [7, 11) is 0. The van der Waals surface area contributed by atoms with Crippen LogP contribution in [-0.4, -0.2) is 13.2 Å². The van der Waals surface area contributed by atoms with Gasteiger partial charge in [0.15, 0.2) is 0 Å². The third-order valence-electron chi connectivity index (χ3n) is 2.55. The van der Waals surface area contributed by atoms with Gasteiger partial charge < -0.3 is 15.2 Å². The van der Waals surface area contributed by atoms with Gasteiger partial charge >= 0.3 is 0 Å². The van der Waals surface area contributed by atoms with Crippen LogP contribution in [0.4, 0.5) is 0 Å². The summed E-state index contributed by atoms with van der Waals surface area (Å²) in [5, 5.41) is 0. The average molecular weight is 339 g/mol. The molecule has 0 aliphatic carbocycles. The first-order valence-electron chi connectivity index (χ1n) is 5.87. The van der Waals surface area contributed by atoms with Crippen molar-refractivity contribution < 1.29 is 9.47 Å². The summed E-state index contributed by atoms with van der Waals surface area (Å²) < 4.78 is 12.1. The second-order valence-electron chi connectivity index (χ2n) is 3.89. The standard InChI is InChI=1S/C13H20BrNO2.ClH/c1-5-16-11-7-10(9(4)15)8(3)13(12(11)14)17-6-2;/h7,9H,5-6,15H2,1-4H3;1H/t9-;/m1./s1. The Morgan fingerprint density at radius 1 is 1.28 bits per heavy atom. The van der Waals surface area contributed by atoms with Crippen LogP contribution >= 0.6 is 28.3 Å². The highest BCUT2D eigenvalue weighted by atomic mass is 79.9. The van der Waals surface area contributed by atoms with E-state index in [9.17, 15) is 0 Å². The molecule has 0 bridgehead atoms. The van der Waals surface area contributed by atoms with E-state index in [1.165, 1.54) is 0 Å². The van der Waals surface area contributed by atoms with E-state index in [-0.39, 0.29) is 18.4 Å². The predicted molar refractivity (Wildman–Crippen MR) is 81.1 cm³/mol. The van der Waals surface area contributed by atoms with Gasteiger partial charge in [0.2, 0.25) is 0 Å². The SMILES string of the molecule is CCOc1cc([C@@H](C)N)c(C)c(OCC)c1Br.Cl.